The first-order valence-corrected chi connectivity index (χ1v) is 11.8. The Morgan fingerprint density at radius 2 is 1.57 bits per heavy atom. The number of carboxylic acid groups (broad SMARTS) is 1. The van der Waals surface area contributed by atoms with Crippen molar-refractivity contribution in [2.24, 2.45) is 0 Å². The minimum Gasteiger partial charge on any atom is -0.480 e. The number of carboxylic acids is 1. The van der Waals surface area contributed by atoms with E-state index in [9.17, 15) is 24.3 Å². The van der Waals surface area contributed by atoms with Gasteiger partial charge in [-0.05, 0) is 30.5 Å². The molecule has 2 aromatic carbocycles. The lowest BCUT2D eigenvalue weighted by atomic mass is 10.0. The fraction of sp³-hybridized carbons (Fsp3) is 0.292. The molecular weight excluding hydrogens is 495 g/mol. The lowest BCUT2D eigenvalue weighted by Gasteiger charge is -2.22. The Bertz CT molecular complexity index is 1310. The van der Waals surface area contributed by atoms with E-state index < -0.39 is 28.8 Å². The maximum absolute atomic E-state index is 12.6. The van der Waals surface area contributed by atoms with Gasteiger partial charge in [-0.2, -0.15) is 0 Å². The third-order valence-electron chi connectivity index (χ3n) is 5.98. The quantitative estimate of drug-likeness (QED) is 0.316. The van der Waals surface area contributed by atoms with Crippen LogP contribution < -0.4 is 26.8 Å². The van der Waals surface area contributed by atoms with Crippen molar-refractivity contribution < 1.29 is 14.7 Å². The number of carbonyl (C=O) groups is 2. The van der Waals surface area contributed by atoms with Crippen molar-refractivity contribution in [3.63, 3.8) is 0 Å². The highest BCUT2D eigenvalue weighted by Crippen LogP contribution is 2.29. The maximum Gasteiger partial charge on any atom is 0.326 e. The highest BCUT2D eigenvalue weighted by Gasteiger charge is 2.28. The molecule has 1 aliphatic carbocycles. The van der Waals surface area contributed by atoms with Gasteiger partial charge in [0.05, 0.1) is 15.7 Å². The van der Waals surface area contributed by atoms with Crippen molar-refractivity contribution in [3.05, 3.63) is 78.3 Å². The third kappa shape index (κ3) is 5.47. The molecule has 1 aliphatic rings. The molecule has 0 spiro atoms. The van der Waals surface area contributed by atoms with Crippen LogP contribution in [-0.2, 0) is 11.2 Å². The summed E-state index contributed by atoms with van der Waals surface area (Å²) in [7, 11) is 0. The molecule has 1 heterocycles. The van der Waals surface area contributed by atoms with Gasteiger partial charge >= 0.3 is 5.97 Å². The zero-order chi connectivity index (χ0) is 25.1. The number of aliphatic carboxylic acids is 1. The number of pyridine rings is 1. The zero-order valence-corrected chi connectivity index (χ0v) is 19.9. The molecule has 1 amide bonds. The highest BCUT2D eigenvalue weighted by molar-refractivity contribution is 6.39. The van der Waals surface area contributed by atoms with Crippen LogP contribution in [0.4, 0.5) is 17.1 Å². The van der Waals surface area contributed by atoms with E-state index in [4.69, 9.17) is 23.2 Å². The van der Waals surface area contributed by atoms with E-state index in [1.807, 2.05) is 0 Å². The standard InChI is InChI=1S/C24H22Cl2N4O5/c25-15-10-27-11-16(26)18(15)30-23(33)13-7-5-12(6-8-13)9-17(24(34)35)29-20-19(21(31)22(20)32)28-14-3-1-2-4-14/h5-8,10-11,14,17,28-29H,1-4,9H2,(H,34,35)(H,27,30,33)/t17-/m0/s1. The van der Waals surface area contributed by atoms with Crippen LogP contribution in [0.15, 0.2) is 46.2 Å². The van der Waals surface area contributed by atoms with E-state index in [-0.39, 0.29) is 39.6 Å². The molecule has 0 unspecified atom stereocenters. The largest absolute Gasteiger partial charge is 0.480 e. The SMILES string of the molecule is O=C(Nc1c(Cl)cncc1Cl)c1ccc(C[C@H](Nc2c(NC3CCCC3)c(=O)c2=O)C(=O)O)cc1. The molecule has 1 aromatic heterocycles. The number of amides is 1. The Labute approximate surface area is 210 Å². The molecule has 182 valence electrons. The van der Waals surface area contributed by atoms with E-state index in [1.54, 1.807) is 12.1 Å². The van der Waals surface area contributed by atoms with E-state index in [0.717, 1.165) is 25.7 Å². The van der Waals surface area contributed by atoms with Gasteiger partial charge in [0.15, 0.2) is 0 Å². The summed E-state index contributed by atoms with van der Waals surface area (Å²) in [5, 5.41) is 18.5. The summed E-state index contributed by atoms with van der Waals surface area (Å²) in [6, 6.07) is 5.27. The van der Waals surface area contributed by atoms with E-state index in [0.29, 0.717) is 11.1 Å². The monoisotopic (exact) mass is 516 g/mol. The molecule has 35 heavy (non-hydrogen) atoms. The number of benzene rings is 1. The van der Waals surface area contributed by atoms with Crippen molar-refractivity contribution in [1.29, 1.82) is 0 Å². The Morgan fingerprint density at radius 1 is 0.971 bits per heavy atom. The predicted molar refractivity (Wildman–Crippen MR) is 135 cm³/mol. The van der Waals surface area contributed by atoms with Gasteiger partial charge < -0.3 is 21.1 Å². The van der Waals surface area contributed by atoms with Crippen LogP contribution in [0.5, 0.6) is 0 Å². The number of carbonyl (C=O) groups excluding carboxylic acids is 1. The van der Waals surface area contributed by atoms with Crippen LogP contribution in [0.25, 0.3) is 0 Å². The second-order valence-corrected chi connectivity index (χ2v) is 9.22. The predicted octanol–water partition coefficient (Wildman–Crippen LogP) is 3.70. The molecule has 4 N–H and O–H groups in total. The van der Waals surface area contributed by atoms with Crippen LogP contribution >= 0.6 is 23.2 Å². The first-order valence-electron chi connectivity index (χ1n) is 11.0. The van der Waals surface area contributed by atoms with Crippen LogP contribution in [0.1, 0.15) is 41.6 Å². The number of nitrogens with zero attached hydrogens (tertiary/aromatic N) is 1. The van der Waals surface area contributed by atoms with Gasteiger partial charge in [0, 0.05) is 30.4 Å². The van der Waals surface area contributed by atoms with Gasteiger partial charge in [-0.15, -0.1) is 0 Å². The fourth-order valence-corrected chi connectivity index (χ4v) is 4.52. The zero-order valence-electron chi connectivity index (χ0n) is 18.4. The van der Waals surface area contributed by atoms with Gasteiger partial charge in [-0.3, -0.25) is 19.4 Å². The molecule has 9 nitrogen and oxygen atoms in total. The van der Waals surface area contributed by atoms with E-state index in [1.165, 1.54) is 24.5 Å². The van der Waals surface area contributed by atoms with E-state index in [2.05, 4.69) is 20.9 Å². The minimum atomic E-state index is -1.17. The lowest BCUT2D eigenvalue weighted by Crippen LogP contribution is -2.43. The normalized spacial score (nSPS) is 14.6. The first-order chi connectivity index (χ1) is 16.7. The summed E-state index contributed by atoms with van der Waals surface area (Å²) in [4.78, 5) is 52.4. The number of hydrogen-bond donors (Lipinski definition) is 4. The molecule has 1 saturated carbocycles. The smallest absolute Gasteiger partial charge is 0.326 e. The number of hydrogen-bond acceptors (Lipinski definition) is 7. The van der Waals surface area contributed by atoms with Crippen LogP contribution in [0.3, 0.4) is 0 Å². The number of nitrogens with one attached hydrogen (secondary N) is 3. The maximum atomic E-state index is 12.6. The van der Waals surface area contributed by atoms with Crippen LogP contribution in [0, 0.1) is 0 Å². The molecule has 1 fully saturated rings. The van der Waals surface area contributed by atoms with Gasteiger partial charge in [0.2, 0.25) is 0 Å². The Kier molecular flexibility index (Phi) is 7.37. The molecule has 11 heteroatoms. The van der Waals surface area contributed by atoms with Gasteiger partial charge in [-0.25, -0.2) is 4.79 Å². The number of aromatic nitrogens is 1. The van der Waals surface area contributed by atoms with Gasteiger partial charge in [-0.1, -0.05) is 48.2 Å². The number of anilines is 3. The van der Waals surface area contributed by atoms with Crippen molar-refractivity contribution in [2.75, 3.05) is 16.0 Å². The molecule has 0 aliphatic heterocycles. The third-order valence-corrected chi connectivity index (χ3v) is 6.55. The molecule has 4 rings (SSSR count). The first kappa shape index (κ1) is 24.7. The highest BCUT2D eigenvalue weighted by atomic mass is 35.5. The topological polar surface area (TPSA) is 137 Å². The van der Waals surface area contributed by atoms with Crippen molar-refractivity contribution in [3.8, 4) is 0 Å². The molecule has 0 saturated heterocycles. The van der Waals surface area contributed by atoms with Crippen LogP contribution in [-0.4, -0.2) is 34.1 Å². The number of rotatable bonds is 9. The molecule has 0 radical (unpaired) electrons. The summed E-state index contributed by atoms with van der Waals surface area (Å²) < 4.78 is 0. The lowest BCUT2D eigenvalue weighted by molar-refractivity contribution is -0.137. The molecular formula is C24H22Cl2N4O5. The summed E-state index contributed by atoms with van der Waals surface area (Å²) in [6.07, 6.45) is 6.64. The molecule has 3 aromatic rings. The van der Waals surface area contributed by atoms with E-state index >= 15 is 0 Å². The second kappa shape index (κ2) is 10.5. The van der Waals surface area contributed by atoms with Gasteiger partial charge in [0.1, 0.15) is 17.4 Å². The van der Waals surface area contributed by atoms with Crippen molar-refractivity contribution in [2.45, 2.75) is 44.2 Å². The molecule has 0 bridgehead atoms. The minimum absolute atomic E-state index is 0.0106. The summed E-state index contributed by atoms with van der Waals surface area (Å²) in [5.41, 5.74) is -0.0217. The summed E-state index contributed by atoms with van der Waals surface area (Å²) in [6.45, 7) is 0. The fourth-order valence-electron chi connectivity index (χ4n) is 4.06. The average molecular weight is 517 g/mol. The average Bonchev–Trinajstić information content (AvgIpc) is 3.36. The van der Waals surface area contributed by atoms with Crippen molar-refractivity contribution in [1.82, 2.24) is 4.98 Å². The number of halogens is 2. The van der Waals surface area contributed by atoms with Crippen molar-refractivity contribution >= 4 is 52.1 Å². The second-order valence-electron chi connectivity index (χ2n) is 8.40. The Balaban J connectivity index is 1.44. The van der Waals surface area contributed by atoms with Gasteiger partial charge in [0.25, 0.3) is 16.8 Å². The summed E-state index contributed by atoms with van der Waals surface area (Å²) in [5.74, 6) is -1.63. The molecule has 1 atom stereocenters. The Hall–Kier alpha value is -3.43. The Morgan fingerprint density at radius 3 is 2.17 bits per heavy atom. The van der Waals surface area contributed by atoms with Crippen LogP contribution in [0.2, 0.25) is 10.0 Å². The summed E-state index contributed by atoms with van der Waals surface area (Å²) >= 11 is 12.1.